The van der Waals surface area contributed by atoms with Crippen molar-refractivity contribution in [1.29, 1.82) is 0 Å². The molecule has 168 valence electrons. The number of nitrogens with one attached hydrogen (secondary N) is 2. The summed E-state index contributed by atoms with van der Waals surface area (Å²) in [6, 6.07) is 4.15. The highest BCUT2D eigenvalue weighted by Gasteiger charge is 2.31. The van der Waals surface area contributed by atoms with Gasteiger partial charge in [0.05, 0.1) is 13.1 Å². The molecule has 0 aromatic heterocycles. The zero-order chi connectivity index (χ0) is 22.4. The molecule has 0 saturated carbocycles. The van der Waals surface area contributed by atoms with Crippen molar-refractivity contribution >= 4 is 29.3 Å². The van der Waals surface area contributed by atoms with E-state index in [-0.39, 0.29) is 35.4 Å². The first-order valence-corrected chi connectivity index (χ1v) is 11.0. The Morgan fingerprint density at radius 1 is 0.903 bits per heavy atom. The maximum Gasteiger partial charge on any atom is 0.279 e. The van der Waals surface area contributed by atoms with Gasteiger partial charge >= 0.3 is 0 Å². The molecule has 1 aromatic carbocycles. The minimum absolute atomic E-state index is 0.0512. The summed E-state index contributed by atoms with van der Waals surface area (Å²) in [5, 5.41) is 2.72. The number of nitrogens with two attached hydrogens (primary N) is 2. The summed E-state index contributed by atoms with van der Waals surface area (Å²) in [6.07, 6.45) is 6.13. The number of benzene rings is 1. The second-order valence-electron chi connectivity index (χ2n) is 8.52. The van der Waals surface area contributed by atoms with Gasteiger partial charge in [0, 0.05) is 48.7 Å². The molecule has 9 heteroatoms. The van der Waals surface area contributed by atoms with Crippen molar-refractivity contribution in [1.82, 2.24) is 4.90 Å². The largest absolute Gasteiger partial charge is 0.366 e. The number of primary amides is 2. The first-order valence-electron chi connectivity index (χ1n) is 11.0. The number of hydrogen-bond acceptors (Lipinski definition) is 4. The van der Waals surface area contributed by atoms with Crippen LogP contribution in [0.15, 0.2) is 18.2 Å². The SMILES string of the molecule is NC(=O)c1cc(NC(=O)C[NH+]2CCC(C(=O)N3CCCCCC3)CC2)cc(C(N)=O)c1. The second kappa shape index (κ2) is 10.4. The van der Waals surface area contributed by atoms with E-state index in [4.69, 9.17) is 11.5 Å². The third-order valence-corrected chi connectivity index (χ3v) is 6.16. The maximum absolute atomic E-state index is 12.8. The summed E-state index contributed by atoms with van der Waals surface area (Å²) < 4.78 is 0. The molecule has 9 nitrogen and oxygen atoms in total. The Bertz CT molecular complexity index is 808. The van der Waals surface area contributed by atoms with Crippen molar-refractivity contribution in [2.24, 2.45) is 17.4 Å². The normalized spacial score (nSPS) is 21.7. The van der Waals surface area contributed by atoms with E-state index < -0.39 is 11.8 Å². The highest BCUT2D eigenvalue weighted by atomic mass is 16.2. The molecule has 0 unspecified atom stereocenters. The van der Waals surface area contributed by atoms with Gasteiger partial charge in [-0.05, 0) is 31.0 Å². The number of anilines is 1. The Hall–Kier alpha value is -2.94. The lowest BCUT2D eigenvalue weighted by Crippen LogP contribution is -3.14. The average molecular weight is 431 g/mol. The predicted molar refractivity (Wildman–Crippen MR) is 115 cm³/mol. The van der Waals surface area contributed by atoms with Gasteiger partial charge in [0.15, 0.2) is 6.54 Å². The molecule has 0 atom stereocenters. The summed E-state index contributed by atoms with van der Waals surface area (Å²) in [7, 11) is 0. The van der Waals surface area contributed by atoms with Crippen molar-refractivity contribution in [2.75, 3.05) is 38.0 Å². The van der Waals surface area contributed by atoms with Crippen LogP contribution in [0.1, 0.15) is 59.2 Å². The average Bonchev–Trinajstić information content (AvgIpc) is 3.03. The Morgan fingerprint density at radius 2 is 1.45 bits per heavy atom. The van der Waals surface area contributed by atoms with Crippen LogP contribution < -0.4 is 21.7 Å². The molecule has 2 saturated heterocycles. The summed E-state index contributed by atoms with van der Waals surface area (Å²) in [5.41, 5.74) is 11.1. The molecule has 31 heavy (non-hydrogen) atoms. The summed E-state index contributed by atoms with van der Waals surface area (Å²) in [5.74, 6) is -1.33. The Kier molecular flexibility index (Phi) is 7.62. The van der Waals surface area contributed by atoms with Crippen molar-refractivity contribution in [3.8, 4) is 0 Å². The molecule has 6 N–H and O–H groups in total. The summed E-state index contributed by atoms with van der Waals surface area (Å²) in [6.45, 7) is 3.49. The van der Waals surface area contributed by atoms with Crippen LogP contribution in [0.5, 0.6) is 0 Å². The van der Waals surface area contributed by atoms with Crippen LogP contribution in [0.2, 0.25) is 0 Å². The van der Waals surface area contributed by atoms with E-state index >= 15 is 0 Å². The van der Waals surface area contributed by atoms with Gasteiger partial charge < -0.3 is 26.6 Å². The topological polar surface area (TPSA) is 140 Å². The van der Waals surface area contributed by atoms with E-state index in [1.165, 1.54) is 31.0 Å². The zero-order valence-electron chi connectivity index (χ0n) is 17.8. The summed E-state index contributed by atoms with van der Waals surface area (Å²) >= 11 is 0. The second-order valence-corrected chi connectivity index (χ2v) is 8.52. The quantitative estimate of drug-likeness (QED) is 0.484. The minimum Gasteiger partial charge on any atom is -0.366 e. The predicted octanol–water partition coefficient (Wildman–Crippen LogP) is -0.480. The third-order valence-electron chi connectivity index (χ3n) is 6.16. The summed E-state index contributed by atoms with van der Waals surface area (Å²) in [4.78, 5) is 51.4. The number of piperidine rings is 1. The molecule has 0 bridgehead atoms. The van der Waals surface area contributed by atoms with Gasteiger partial charge in [-0.1, -0.05) is 12.8 Å². The standard InChI is InChI=1S/C22H31N5O4/c23-20(29)16-11-17(21(24)30)13-18(12-16)25-19(28)14-26-9-5-15(6-10-26)22(31)27-7-3-1-2-4-8-27/h11-13,15H,1-10,14H2,(H2,23,29)(H2,24,30)(H,25,28)/p+1. The van der Waals surface area contributed by atoms with E-state index in [0.29, 0.717) is 5.69 Å². The number of rotatable bonds is 6. The Labute approximate surface area is 182 Å². The lowest BCUT2D eigenvalue weighted by molar-refractivity contribution is -0.897. The van der Waals surface area contributed by atoms with Gasteiger partial charge in [-0.2, -0.15) is 0 Å². The highest BCUT2D eigenvalue weighted by molar-refractivity contribution is 6.01. The van der Waals surface area contributed by atoms with Crippen LogP contribution in [0.4, 0.5) is 5.69 Å². The van der Waals surface area contributed by atoms with Crippen LogP contribution in [-0.2, 0) is 9.59 Å². The van der Waals surface area contributed by atoms with Gasteiger partial charge in [-0.15, -0.1) is 0 Å². The molecule has 0 radical (unpaired) electrons. The molecular formula is C22H32N5O4+. The molecule has 3 rings (SSSR count). The molecule has 0 aliphatic carbocycles. The lowest BCUT2D eigenvalue weighted by Gasteiger charge is -2.31. The molecule has 2 aliphatic rings. The number of amides is 4. The van der Waals surface area contributed by atoms with E-state index in [1.807, 2.05) is 4.90 Å². The monoisotopic (exact) mass is 430 g/mol. The molecule has 2 heterocycles. The number of nitrogens with zero attached hydrogens (tertiary/aromatic N) is 1. The van der Waals surface area contributed by atoms with Gasteiger partial charge in [0.25, 0.3) is 5.91 Å². The van der Waals surface area contributed by atoms with Gasteiger partial charge in [0.2, 0.25) is 17.7 Å². The van der Waals surface area contributed by atoms with Crippen LogP contribution in [0.25, 0.3) is 0 Å². The third kappa shape index (κ3) is 6.27. The van der Waals surface area contributed by atoms with Crippen LogP contribution in [0.3, 0.4) is 0 Å². The number of carbonyl (C=O) groups excluding carboxylic acids is 4. The van der Waals surface area contributed by atoms with E-state index in [2.05, 4.69) is 5.32 Å². The Morgan fingerprint density at radius 3 is 1.97 bits per heavy atom. The maximum atomic E-state index is 12.8. The molecule has 2 aliphatic heterocycles. The number of carbonyl (C=O) groups is 4. The fourth-order valence-corrected chi connectivity index (χ4v) is 4.42. The highest BCUT2D eigenvalue weighted by Crippen LogP contribution is 2.18. The van der Waals surface area contributed by atoms with Crippen molar-refractivity contribution in [2.45, 2.75) is 38.5 Å². The number of quaternary nitrogens is 1. The van der Waals surface area contributed by atoms with Crippen molar-refractivity contribution in [3.63, 3.8) is 0 Å². The van der Waals surface area contributed by atoms with Crippen LogP contribution in [-0.4, -0.2) is 61.3 Å². The molecule has 0 spiro atoms. The smallest absolute Gasteiger partial charge is 0.279 e. The fourth-order valence-electron chi connectivity index (χ4n) is 4.42. The first kappa shape index (κ1) is 22.7. The molecule has 2 fully saturated rings. The fraction of sp³-hybridized carbons (Fsp3) is 0.545. The molecule has 1 aromatic rings. The first-order chi connectivity index (χ1) is 14.8. The lowest BCUT2D eigenvalue weighted by atomic mass is 9.95. The van der Waals surface area contributed by atoms with Gasteiger partial charge in [-0.25, -0.2) is 0 Å². The molecular weight excluding hydrogens is 398 g/mol. The van der Waals surface area contributed by atoms with Crippen LogP contribution >= 0.6 is 0 Å². The van der Waals surface area contributed by atoms with E-state index in [0.717, 1.165) is 56.8 Å². The zero-order valence-corrected chi connectivity index (χ0v) is 17.8. The van der Waals surface area contributed by atoms with Gasteiger partial charge in [0.1, 0.15) is 0 Å². The Balaban J connectivity index is 1.51. The number of likely N-dealkylation sites (tertiary alicyclic amines) is 2. The van der Waals surface area contributed by atoms with Crippen molar-refractivity contribution in [3.05, 3.63) is 29.3 Å². The van der Waals surface area contributed by atoms with E-state index in [9.17, 15) is 19.2 Å². The van der Waals surface area contributed by atoms with E-state index in [1.54, 1.807) is 0 Å². The van der Waals surface area contributed by atoms with Crippen molar-refractivity contribution < 1.29 is 24.1 Å². The number of hydrogen-bond donors (Lipinski definition) is 4. The molecule has 4 amide bonds. The van der Waals surface area contributed by atoms with Crippen LogP contribution in [0, 0.1) is 5.92 Å². The van der Waals surface area contributed by atoms with Gasteiger partial charge in [-0.3, -0.25) is 19.2 Å². The minimum atomic E-state index is -0.708.